The van der Waals surface area contributed by atoms with Crippen molar-refractivity contribution in [3.8, 4) is 34.1 Å². The van der Waals surface area contributed by atoms with E-state index >= 15 is 0 Å². The van der Waals surface area contributed by atoms with Crippen LogP contribution in [0.15, 0.2) is 504 Å². The van der Waals surface area contributed by atoms with Crippen LogP contribution in [0.25, 0.3) is 54.2 Å². The number of fused-ring (bicyclic) bond motifs is 4. The van der Waals surface area contributed by atoms with Gasteiger partial charge in [-0.2, -0.15) is 0 Å². The lowest BCUT2D eigenvalue weighted by molar-refractivity contribution is 0.447. The molecule has 0 saturated heterocycles. The topological polar surface area (TPSA) is 174 Å². The van der Waals surface area contributed by atoms with E-state index in [1.807, 2.05) is 194 Å². The molecule has 0 saturated carbocycles. The third kappa shape index (κ3) is 23.4. The van der Waals surface area contributed by atoms with Gasteiger partial charge in [0.05, 0.1) is 17.1 Å². The predicted molar refractivity (Wildman–Crippen MR) is 546 cm³/mol. The molecule has 20 heteroatoms. The molecule has 132 heavy (non-hydrogen) atoms. The van der Waals surface area contributed by atoms with Gasteiger partial charge < -0.3 is 73.3 Å². The van der Waals surface area contributed by atoms with Gasteiger partial charge in [-0.3, -0.25) is 0 Å². The summed E-state index contributed by atoms with van der Waals surface area (Å²) in [6.07, 6.45) is 0. The minimum Gasteiger partial charge on any atom is -0.537 e. The summed E-state index contributed by atoms with van der Waals surface area (Å²) < 4.78 is 20.2. The monoisotopic (exact) mass is 1720 g/mol. The maximum atomic E-state index is 8.93. The highest BCUT2D eigenvalue weighted by Crippen LogP contribution is 2.45. The van der Waals surface area contributed by atoms with Crippen LogP contribution >= 0.6 is 0 Å². The molecule has 20 aromatic rings. The Bertz CT molecular complexity index is 6710. The molecule has 20 rings (SSSR count). The lowest BCUT2D eigenvalue weighted by Gasteiger charge is -2.28. The smallest absolute Gasteiger partial charge is 0.537 e. The average Bonchev–Trinajstić information content (AvgIpc) is 0.761. The van der Waals surface area contributed by atoms with Crippen molar-refractivity contribution in [3.05, 3.63) is 504 Å². The fourth-order valence-electron chi connectivity index (χ4n) is 15.5. The van der Waals surface area contributed by atoms with Crippen LogP contribution in [0.2, 0.25) is 0 Å². The summed E-state index contributed by atoms with van der Waals surface area (Å²) in [7, 11) is 2.76. The molecule has 0 amide bonds. The van der Waals surface area contributed by atoms with Crippen molar-refractivity contribution in [2.75, 3.05) is 24.5 Å². The fraction of sp³-hybridized carbons (Fsp3) is 0. The van der Waals surface area contributed by atoms with E-state index in [1.165, 1.54) is 71.3 Å². The van der Waals surface area contributed by atoms with Crippen molar-refractivity contribution in [1.29, 1.82) is 0 Å². The van der Waals surface area contributed by atoms with Crippen LogP contribution in [-0.4, -0.2) is 68.6 Å². The lowest BCUT2D eigenvalue weighted by Crippen LogP contribution is -2.11. The van der Waals surface area contributed by atoms with Crippen LogP contribution in [0.1, 0.15) is 0 Å². The van der Waals surface area contributed by atoms with Gasteiger partial charge >= 0.3 is 38.4 Å². The normalized spacial score (nSPS) is 10.3. The Kier molecular flexibility index (Phi) is 32.2. The Morgan fingerprint density at radius 3 is 0.667 bits per heavy atom. The summed E-state index contributed by atoms with van der Waals surface area (Å²) in [5.74, 6) is 2.33. The number of nitrogens with zero attached hydrogens (tertiary/aromatic N) is 5. The second-order valence-corrected chi connectivity index (χ2v) is 29.6. The molecular weight excluding hydrogens is 1630 g/mol. The standard InChI is InChI=1S/C26H19BNO2.C24H19BNO2.2C22H17BNO2.C18H15N.BH2O2/c29-27-30-22-17-15-21(16-18-22)28(25-13-5-9-19-7-1-3-11-23(19)25)26-14-6-10-20-8-2-4-12-24(20)26;27-25-28-24-17-15-23(16-18-24)26(21-9-5-2-6-10-21)22-13-11-20(12-14-22)19-7-3-1-4-8-19;25-23-26-20-15-13-19(14-16-20)24(18-9-2-1-3-10-18)22-12-6-8-17-7-4-5-11-21(17)22;25-23-26-22-14-12-20(13-15-22)24(19-8-2-1-3-9-19)21-11-10-17-6-4-5-7-18(17)16-21;1-4-10-16(11-5-1)19(17-12-6-2-7-13-17)18-14-8-3-9-15-18;2-1-3/h1-18,29H;1-18,27H;2*1-16,25H;1-15H;2-3H. The maximum absolute atomic E-state index is 8.93. The van der Waals surface area contributed by atoms with Crippen LogP contribution in [0.3, 0.4) is 0 Å². The molecule has 637 valence electrons. The molecule has 0 unspecified atom stereocenters. The second-order valence-electron chi connectivity index (χ2n) is 29.6. The Labute approximate surface area is 772 Å². The minimum atomic E-state index is 0. The zero-order valence-electron chi connectivity index (χ0n) is 71.9. The third-order valence-corrected chi connectivity index (χ3v) is 21.5. The summed E-state index contributed by atoms with van der Waals surface area (Å²) in [6, 6.07) is 170. The quantitative estimate of drug-likeness (QED) is 0.0315. The van der Waals surface area contributed by atoms with E-state index < -0.39 is 0 Å². The summed E-state index contributed by atoms with van der Waals surface area (Å²) >= 11 is 0. The van der Waals surface area contributed by atoms with Crippen LogP contribution in [0.4, 0.5) is 85.3 Å². The van der Waals surface area contributed by atoms with E-state index in [4.69, 9.17) is 48.8 Å². The van der Waals surface area contributed by atoms with E-state index in [0.29, 0.717) is 53.7 Å². The van der Waals surface area contributed by atoms with E-state index in [9.17, 15) is 0 Å². The first-order valence-electron chi connectivity index (χ1n) is 42.7. The highest BCUT2D eigenvalue weighted by atomic mass is 16.5. The van der Waals surface area contributed by atoms with Crippen LogP contribution in [0, 0.1) is 0 Å². The molecule has 0 aliphatic heterocycles. The molecule has 15 nitrogen and oxygen atoms in total. The van der Waals surface area contributed by atoms with Crippen molar-refractivity contribution in [2.45, 2.75) is 0 Å². The van der Waals surface area contributed by atoms with Gasteiger partial charge in [0.25, 0.3) is 0 Å². The molecule has 20 aromatic carbocycles. The van der Waals surface area contributed by atoms with Gasteiger partial charge in [0.1, 0.15) is 23.0 Å². The Hall–Kier alpha value is -16.3. The number of hydrogen-bond donors (Lipinski definition) is 6. The molecule has 5 radical (unpaired) electrons. The molecule has 0 heterocycles. The Balaban J connectivity index is 0.000000126. The second kappa shape index (κ2) is 47.0. The molecule has 0 aliphatic carbocycles. The predicted octanol–water partition coefficient (Wildman–Crippen LogP) is 26.2. The molecule has 0 bridgehead atoms. The number of hydrogen-bond acceptors (Lipinski definition) is 15. The van der Waals surface area contributed by atoms with Crippen molar-refractivity contribution in [2.24, 2.45) is 0 Å². The average molecular weight is 1720 g/mol. The first kappa shape index (κ1) is 90.5. The summed E-state index contributed by atoms with van der Waals surface area (Å²) in [5.41, 5.74) is 18.6. The summed E-state index contributed by atoms with van der Waals surface area (Å²) in [5, 5.41) is 58.9. The molecule has 0 atom stereocenters. The van der Waals surface area contributed by atoms with Gasteiger partial charge in [0.2, 0.25) is 0 Å². The minimum absolute atomic E-state index is 0. The third-order valence-electron chi connectivity index (χ3n) is 21.5. The first-order valence-corrected chi connectivity index (χ1v) is 42.7. The fourth-order valence-corrected chi connectivity index (χ4v) is 15.5. The van der Waals surface area contributed by atoms with Crippen molar-refractivity contribution >= 4 is 167 Å². The van der Waals surface area contributed by atoms with Gasteiger partial charge in [-0.25, -0.2) is 0 Å². The highest BCUT2D eigenvalue weighted by molar-refractivity contribution is 6.18. The molecule has 0 aromatic heterocycles. The largest absolute Gasteiger partial charge is 0.569 e. The van der Waals surface area contributed by atoms with Crippen molar-refractivity contribution in [1.82, 2.24) is 0 Å². The van der Waals surface area contributed by atoms with Gasteiger partial charge in [-0.1, -0.05) is 291 Å². The van der Waals surface area contributed by atoms with Gasteiger partial charge in [-0.05, 0) is 250 Å². The number of rotatable bonds is 24. The number of benzene rings is 20. The first-order chi connectivity index (χ1) is 65.3. The van der Waals surface area contributed by atoms with Gasteiger partial charge in [0, 0.05) is 84.4 Å². The number of para-hydroxylation sites is 6. The zero-order valence-corrected chi connectivity index (χ0v) is 71.9. The summed E-state index contributed by atoms with van der Waals surface area (Å²) in [4.78, 5) is 11.1. The Morgan fingerprint density at radius 1 is 0.152 bits per heavy atom. The highest BCUT2D eigenvalue weighted by Gasteiger charge is 2.21. The van der Waals surface area contributed by atoms with E-state index in [-0.39, 0.29) is 7.69 Å². The maximum Gasteiger partial charge on any atom is 0.569 e. The van der Waals surface area contributed by atoms with Gasteiger partial charge in [0.15, 0.2) is 0 Å². The van der Waals surface area contributed by atoms with Crippen LogP contribution in [0.5, 0.6) is 23.0 Å². The molecule has 0 fully saturated rings. The Morgan fingerprint density at radius 2 is 0.356 bits per heavy atom. The molecule has 0 aliphatic rings. The van der Waals surface area contributed by atoms with Crippen molar-refractivity contribution in [3.63, 3.8) is 0 Å². The zero-order chi connectivity index (χ0) is 90.7. The van der Waals surface area contributed by atoms with Crippen LogP contribution < -0.4 is 43.1 Å². The lowest BCUT2D eigenvalue weighted by atomic mass is 10.0. The molecular formula is C112H89B5N5O10. The molecule has 6 N–H and O–H groups in total. The van der Waals surface area contributed by atoms with Crippen molar-refractivity contribution < 1.29 is 48.8 Å². The number of anilines is 15. The van der Waals surface area contributed by atoms with E-state index in [1.54, 1.807) is 0 Å². The van der Waals surface area contributed by atoms with Crippen LogP contribution in [-0.2, 0) is 0 Å². The summed E-state index contributed by atoms with van der Waals surface area (Å²) in [6.45, 7) is 0. The van der Waals surface area contributed by atoms with Gasteiger partial charge in [-0.15, -0.1) is 0 Å². The SMILES string of the molecule is O[B]O.O[B]Oc1ccc(N(c2cccc3ccccc23)c2cccc3ccccc23)cc1.O[B]Oc1ccc(N(c2ccccc2)c2ccc(-c3ccccc3)cc2)cc1.O[B]Oc1ccc(N(c2ccccc2)c2ccc3ccccc3c2)cc1.O[B]Oc1ccc(N(c2ccccc2)c2cccc3ccccc23)cc1.c1ccc(N(c2ccccc2)c2ccccc2)cc1. The van der Waals surface area contributed by atoms with E-state index in [0.717, 1.165) is 68.2 Å². The molecule has 0 spiro atoms. The van der Waals surface area contributed by atoms with E-state index in [2.05, 4.69) is 334 Å².